The van der Waals surface area contributed by atoms with Crippen LogP contribution in [-0.2, 0) is 11.3 Å². The Balaban J connectivity index is 1.18. The predicted molar refractivity (Wildman–Crippen MR) is 168 cm³/mol. The lowest BCUT2D eigenvalue weighted by Crippen LogP contribution is -2.52. The van der Waals surface area contributed by atoms with Gasteiger partial charge in [0.25, 0.3) is 5.91 Å². The summed E-state index contributed by atoms with van der Waals surface area (Å²) in [5, 5.41) is 8.02. The average molecular weight is 586 g/mol. The highest BCUT2D eigenvalue weighted by Crippen LogP contribution is 2.54. The second kappa shape index (κ2) is 10.1. The highest BCUT2D eigenvalue weighted by atomic mass is 16.6. The molecule has 2 aromatic carbocycles. The molecule has 1 aliphatic carbocycles. The molecule has 228 valence electrons. The Labute approximate surface area is 253 Å². The number of aromatic nitrogens is 1. The molecule has 0 bridgehead atoms. The molecule has 2 amide bonds. The van der Waals surface area contributed by atoms with E-state index in [4.69, 9.17) is 9.47 Å². The molecule has 9 nitrogen and oxygen atoms in total. The van der Waals surface area contributed by atoms with Gasteiger partial charge in [0, 0.05) is 42.1 Å². The molecule has 4 aliphatic rings. The number of alkyl carbamates (subject to hydrolysis) is 1. The minimum Gasteiger partial charge on any atom is -0.489 e. The number of hydrogen-bond acceptors (Lipinski definition) is 6. The van der Waals surface area contributed by atoms with Crippen LogP contribution >= 0.6 is 0 Å². The third-order valence-corrected chi connectivity index (χ3v) is 9.04. The zero-order chi connectivity index (χ0) is 30.1. The summed E-state index contributed by atoms with van der Waals surface area (Å²) >= 11 is 0. The van der Waals surface area contributed by atoms with Crippen molar-refractivity contribution in [2.75, 3.05) is 29.9 Å². The number of benzene rings is 2. The lowest BCUT2D eigenvalue weighted by molar-refractivity contribution is 0.0452. The fraction of sp³-hybridized carbons (Fsp3) is 0.529. The van der Waals surface area contributed by atoms with Crippen LogP contribution < -0.4 is 20.3 Å². The van der Waals surface area contributed by atoms with E-state index in [-0.39, 0.29) is 23.7 Å². The quantitative estimate of drug-likeness (QED) is 0.366. The molecule has 1 saturated carbocycles. The number of anilines is 2. The Bertz CT molecular complexity index is 1580. The van der Waals surface area contributed by atoms with E-state index in [9.17, 15) is 9.59 Å². The van der Waals surface area contributed by atoms with Crippen LogP contribution in [-0.4, -0.2) is 58.3 Å². The van der Waals surface area contributed by atoms with E-state index >= 15 is 0 Å². The number of rotatable bonds is 5. The minimum absolute atomic E-state index is 0.0529. The molecule has 4 heterocycles. The molecule has 2 N–H and O–H groups in total. The van der Waals surface area contributed by atoms with E-state index in [1.54, 1.807) is 0 Å². The Morgan fingerprint density at radius 1 is 1.12 bits per heavy atom. The van der Waals surface area contributed by atoms with E-state index in [2.05, 4.69) is 64.3 Å². The maximum atomic E-state index is 13.9. The summed E-state index contributed by atoms with van der Waals surface area (Å²) in [6.07, 6.45) is 3.67. The zero-order valence-corrected chi connectivity index (χ0v) is 25.9. The van der Waals surface area contributed by atoms with Crippen molar-refractivity contribution in [3.05, 3.63) is 53.7 Å². The van der Waals surface area contributed by atoms with Crippen molar-refractivity contribution >= 4 is 34.3 Å². The Morgan fingerprint density at radius 3 is 2.67 bits per heavy atom. The fourth-order valence-electron chi connectivity index (χ4n) is 6.88. The molecule has 3 aliphatic heterocycles. The minimum atomic E-state index is -0.570. The van der Waals surface area contributed by atoms with Gasteiger partial charge in [-0.25, -0.2) is 4.79 Å². The summed E-state index contributed by atoms with van der Waals surface area (Å²) in [6, 6.07) is 14.7. The molecule has 43 heavy (non-hydrogen) atoms. The first-order valence-corrected chi connectivity index (χ1v) is 15.7. The van der Waals surface area contributed by atoms with Crippen LogP contribution in [0.4, 0.5) is 16.2 Å². The van der Waals surface area contributed by atoms with Crippen LogP contribution in [0.2, 0.25) is 0 Å². The molecular formula is C34H43N5O4. The Kier molecular flexibility index (Phi) is 6.56. The molecule has 1 aromatic heterocycles. The summed E-state index contributed by atoms with van der Waals surface area (Å²) < 4.78 is 14.3. The van der Waals surface area contributed by atoms with Gasteiger partial charge in [-0.3, -0.25) is 4.79 Å². The van der Waals surface area contributed by atoms with Crippen molar-refractivity contribution < 1.29 is 19.1 Å². The van der Waals surface area contributed by atoms with Gasteiger partial charge in [0.15, 0.2) is 0 Å². The van der Waals surface area contributed by atoms with Gasteiger partial charge in [0.2, 0.25) is 0 Å². The normalized spacial score (nSPS) is 22.5. The molecule has 9 heteroatoms. The number of carbonyl (C=O) groups is 2. The molecule has 2 fully saturated rings. The van der Waals surface area contributed by atoms with Crippen molar-refractivity contribution in [1.29, 1.82) is 0 Å². The second-order valence-corrected chi connectivity index (χ2v) is 14.3. The largest absolute Gasteiger partial charge is 0.489 e. The third-order valence-electron chi connectivity index (χ3n) is 9.04. The lowest BCUT2D eigenvalue weighted by Gasteiger charge is -2.44. The SMILES string of the molecule is CC(C)(C)OC(=O)N[C@@H]1CCCN(C(=O)c2cc3c4c(c2)OCC(C)(C)N4C(c2cc4ccccc4n2CC2CC2)N3)C1. The predicted octanol–water partition coefficient (Wildman–Crippen LogP) is 6.28. The summed E-state index contributed by atoms with van der Waals surface area (Å²) in [4.78, 5) is 30.6. The molecular weight excluding hydrogens is 542 g/mol. The standard InChI is InChI=1S/C34H43N5O4/c1-33(2,3)43-32(41)35-24-10-8-14-37(19-24)31(40)23-15-25-29-28(17-23)42-20-34(4,5)39(29)30(36-25)27-16-22-9-6-7-11-26(22)38(27)18-21-12-13-21/h6-7,9,11,15-17,21,24,30,36H,8,10,12-14,18-20H2,1-5H3,(H,35,41)/t24-,30?/m1/s1. The van der Waals surface area contributed by atoms with Crippen LogP contribution in [0, 0.1) is 5.92 Å². The van der Waals surface area contributed by atoms with Crippen LogP contribution in [0.25, 0.3) is 10.9 Å². The first kappa shape index (κ1) is 27.9. The van der Waals surface area contributed by atoms with Gasteiger partial charge in [0.05, 0.1) is 16.9 Å². The molecule has 7 rings (SSSR count). The maximum Gasteiger partial charge on any atom is 0.407 e. The van der Waals surface area contributed by atoms with Gasteiger partial charge >= 0.3 is 6.09 Å². The molecule has 3 aromatic rings. The first-order valence-electron chi connectivity index (χ1n) is 15.7. The Hall–Kier alpha value is -3.88. The van der Waals surface area contributed by atoms with E-state index in [0.717, 1.165) is 42.4 Å². The zero-order valence-electron chi connectivity index (χ0n) is 25.9. The van der Waals surface area contributed by atoms with Gasteiger partial charge in [-0.1, -0.05) is 18.2 Å². The number of carbonyl (C=O) groups excluding carboxylic acids is 2. The van der Waals surface area contributed by atoms with E-state index < -0.39 is 11.7 Å². The topological polar surface area (TPSA) is 88.1 Å². The summed E-state index contributed by atoms with van der Waals surface area (Å²) in [5.41, 5.74) is 4.22. The third kappa shape index (κ3) is 5.27. The van der Waals surface area contributed by atoms with E-state index in [0.29, 0.717) is 25.3 Å². The van der Waals surface area contributed by atoms with Crippen molar-refractivity contribution in [2.45, 2.75) is 90.2 Å². The van der Waals surface area contributed by atoms with E-state index in [1.165, 1.54) is 29.4 Å². The van der Waals surface area contributed by atoms with Gasteiger partial charge in [-0.2, -0.15) is 0 Å². The number of piperidine rings is 1. The Morgan fingerprint density at radius 2 is 1.91 bits per heavy atom. The number of ether oxygens (including phenoxy) is 2. The monoisotopic (exact) mass is 585 g/mol. The van der Waals surface area contributed by atoms with Crippen molar-refractivity contribution in [3.63, 3.8) is 0 Å². The van der Waals surface area contributed by atoms with Gasteiger partial charge in [-0.05, 0) is 90.5 Å². The van der Waals surface area contributed by atoms with Crippen molar-refractivity contribution in [2.24, 2.45) is 5.92 Å². The highest BCUT2D eigenvalue weighted by molar-refractivity contribution is 5.99. The van der Waals surface area contributed by atoms with Crippen molar-refractivity contribution in [1.82, 2.24) is 14.8 Å². The van der Waals surface area contributed by atoms with Crippen LogP contribution in [0.15, 0.2) is 42.5 Å². The maximum absolute atomic E-state index is 13.9. The van der Waals surface area contributed by atoms with Crippen LogP contribution in [0.1, 0.15) is 82.5 Å². The number of likely N-dealkylation sites (tertiary alicyclic amines) is 1. The summed E-state index contributed by atoms with van der Waals surface area (Å²) in [7, 11) is 0. The van der Waals surface area contributed by atoms with Crippen LogP contribution in [0.5, 0.6) is 5.75 Å². The lowest BCUT2D eigenvalue weighted by atomic mass is 9.98. The summed E-state index contributed by atoms with van der Waals surface area (Å²) in [5.74, 6) is 1.41. The average Bonchev–Trinajstić information content (AvgIpc) is 3.57. The molecule has 0 spiro atoms. The molecule has 1 saturated heterocycles. The number of hydrogen-bond donors (Lipinski definition) is 2. The first-order chi connectivity index (χ1) is 20.5. The molecule has 2 atom stereocenters. The van der Waals surface area contributed by atoms with Crippen molar-refractivity contribution in [3.8, 4) is 5.75 Å². The second-order valence-electron chi connectivity index (χ2n) is 14.3. The number of fused-ring (bicyclic) bond motifs is 1. The number of para-hydroxylation sites is 1. The molecule has 0 radical (unpaired) electrons. The number of nitrogens with one attached hydrogen (secondary N) is 2. The fourth-order valence-corrected chi connectivity index (χ4v) is 6.88. The highest BCUT2D eigenvalue weighted by Gasteiger charge is 2.47. The smallest absolute Gasteiger partial charge is 0.407 e. The van der Waals surface area contributed by atoms with E-state index in [1.807, 2.05) is 37.8 Å². The van der Waals surface area contributed by atoms with Gasteiger partial charge in [0.1, 0.15) is 29.8 Å². The molecule has 1 unspecified atom stereocenters. The van der Waals surface area contributed by atoms with Gasteiger partial charge in [-0.15, -0.1) is 0 Å². The summed E-state index contributed by atoms with van der Waals surface area (Å²) in [6.45, 7) is 12.6. The van der Waals surface area contributed by atoms with Crippen LogP contribution in [0.3, 0.4) is 0 Å². The van der Waals surface area contributed by atoms with Gasteiger partial charge < -0.3 is 34.5 Å². The number of nitrogens with zero attached hydrogens (tertiary/aromatic N) is 3. The number of amides is 2.